The highest BCUT2D eigenvalue weighted by Crippen LogP contribution is 2.32. The first kappa shape index (κ1) is 14.4. The van der Waals surface area contributed by atoms with Crippen molar-refractivity contribution in [3.05, 3.63) is 54.5 Å². The maximum Gasteiger partial charge on any atom is 0.328 e. The Labute approximate surface area is 134 Å². The molecular weight excluding hydrogens is 331 g/mol. The summed E-state index contributed by atoms with van der Waals surface area (Å²) in [6.45, 7) is 0. The molecule has 0 amide bonds. The summed E-state index contributed by atoms with van der Waals surface area (Å²) in [6, 6.07) is 6.70. The molecule has 0 aliphatic heterocycles. The first-order valence-electron chi connectivity index (χ1n) is 6.05. The lowest BCUT2D eigenvalue weighted by molar-refractivity contribution is 0.103. The second kappa shape index (κ2) is 5.02. The lowest BCUT2D eigenvalue weighted by Gasteiger charge is -2.01. The largest absolute Gasteiger partial charge is 0.328 e. The van der Waals surface area contributed by atoms with Crippen molar-refractivity contribution in [3.63, 3.8) is 0 Å². The number of hydrogen-bond donors (Lipinski definition) is 0. The molecule has 3 aromatic rings. The van der Waals surface area contributed by atoms with Crippen LogP contribution in [0.4, 0.5) is 0 Å². The third kappa shape index (κ3) is 2.21. The highest BCUT2D eigenvalue weighted by Gasteiger charge is 2.18. The van der Waals surface area contributed by atoms with E-state index in [-0.39, 0.29) is 11.5 Å². The van der Waals surface area contributed by atoms with Gasteiger partial charge >= 0.3 is 5.69 Å². The molecule has 1 aromatic carbocycles. The average Bonchev–Trinajstić information content (AvgIpc) is 2.91. The molecule has 0 saturated carbocycles. The van der Waals surface area contributed by atoms with Crippen molar-refractivity contribution >= 4 is 51.4 Å². The number of rotatable bonds is 2. The van der Waals surface area contributed by atoms with Gasteiger partial charge in [0.25, 0.3) is 0 Å². The molecule has 0 N–H and O–H groups in total. The summed E-state index contributed by atoms with van der Waals surface area (Å²) in [6.07, 6.45) is 0. The number of imidazole rings is 1. The second-order valence-electron chi connectivity index (χ2n) is 4.67. The average molecular weight is 341 g/mol. The summed E-state index contributed by atoms with van der Waals surface area (Å²) in [7, 11) is 3.37. The van der Waals surface area contributed by atoms with Crippen LogP contribution >= 0.6 is 34.5 Å². The molecule has 0 radical (unpaired) electrons. The number of aromatic nitrogens is 2. The van der Waals surface area contributed by atoms with E-state index in [1.54, 1.807) is 38.4 Å². The van der Waals surface area contributed by atoms with Crippen LogP contribution in [0.1, 0.15) is 15.9 Å². The first-order valence-corrected chi connectivity index (χ1v) is 7.62. The smallest absolute Gasteiger partial charge is 0.295 e. The normalized spacial score (nSPS) is 11.2. The standard InChI is InChI=1S/C14H10Cl2N2O2S/c1-17-9-4-3-7(5-10(9)18(2)14(17)20)12(19)8-6-11(15)21-13(8)16/h3-6H,1-2H3. The fourth-order valence-corrected chi connectivity index (χ4v) is 3.76. The fourth-order valence-electron chi connectivity index (χ4n) is 2.30. The number of ketones is 1. The number of carbonyl (C=O) groups is 1. The van der Waals surface area contributed by atoms with Crippen molar-refractivity contribution < 1.29 is 4.79 Å². The number of aryl methyl sites for hydroxylation is 2. The van der Waals surface area contributed by atoms with Gasteiger partial charge in [-0.15, -0.1) is 11.3 Å². The number of halogens is 2. The van der Waals surface area contributed by atoms with E-state index >= 15 is 0 Å². The maximum absolute atomic E-state index is 12.5. The third-order valence-electron chi connectivity index (χ3n) is 3.44. The van der Waals surface area contributed by atoms with E-state index in [0.29, 0.717) is 25.3 Å². The molecule has 0 fully saturated rings. The molecule has 7 heteroatoms. The van der Waals surface area contributed by atoms with Crippen LogP contribution in [0.2, 0.25) is 8.67 Å². The van der Waals surface area contributed by atoms with Crippen molar-refractivity contribution in [2.75, 3.05) is 0 Å². The Bertz CT molecular complexity index is 936. The highest BCUT2D eigenvalue weighted by atomic mass is 35.5. The third-order valence-corrected chi connectivity index (χ3v) is 4.92. The van der Waals surface area contributed by atoms with E-state index in [1.165, 1.54) is 9.13 Å². The molecule has 2 heterocycles. The Balaban J connectivity index is 2.18. The van der Waals surface area contributed by atoms with E-state index in [0.717, 1.165) is 16.9 Å². The van der Waals surface area contributed by atoms with Gasteiger partial charge in [-0.05, 0) is 24.3 Å². The van der Waals surface area contributed by atoms with Gasteiger partial charge < -0.3 is 0 Å². The molecular formula is C14H10Cl2N2O2S. The minimum absolute atomic E-state index is 0.133. The van der Waals surface area contributed by atoms with Crippen molar-refractivity contribution in [2.45, 2.75) is 0 Å². The van der Waals surface area contributed by atoms with Gasteiger partial charge in [0.15, 0.2) is 5.78 Å². The molecule has 0 saturated heterocycles. The number of fused-ring (bicyclic) bond motifs is 1. The molecule has 0 atom stereocenters. The molecule has 0 aliphatic rings. The Morgan fingerprint density at radius 3 is 2.38 bits per heavy atom. The molecule has 2 aromatic heterocycles. The van der Waals surface area contributed by atoms with Gasteiger partial charge in [-0.25, -0.2) is 4.79 Å². The van der Waals surface area contributed by atoms with Gasteiger partial charge in [-0.2, -0.15) is 0 Å². The van der Waals surface area contributed by atoms with Crippen molar-refractivity contribution in [2.24, 2.45) is 14.1 Å². The summed E-state index contributed by atoms with van der Waals surface area (Å²) in [5.41, 5.74) is 2.19. The minimum Gasteiger partial charge on any atom is -0.295 e. The van der Waals surface area contributed by atoms with Crippen LogP contribution in [0.15, 0.2) is 29.1 Å². The Kier molecular flexibility index (Phi) is 3.43. The van der Waals surface area contributed by atoms with Crippen LogP contribution in [-0.2, 0) is 14.1 Å². The van der Waals surface area contributed by atoms with Gasteiger partial charge in [0.1, 0.15) is 4.34 Å². The Morgan fingerprint density at radius 2 is 1.76 bits per heavy atom. The minimum atomic E-state index is -0.207. The number of thiophene rings is 1. The van der Waals surface area contributed by atoms with Gasteiger partial charge in [-0.3, -0.25) is 13.9 Å². The van der Waals surface area contributed by atoms with E-state index in [1.807, 2.05) is 0 Å². The fraction of sp³-hybridized carbons (Fsp3) is 0.143. The van der Waals surface area contributed by atoms with Crippen LogP contribution in [0.25, 0.3) is 11.0 Å². The van der Waals surface area contributed by atoms with Crippen LogP contribution in [0.3, 0.4) is 0 Å². The zero-order chi connectivity index (χ0) is 15.3. The van der Waals surface area contributed by atoms with Crippen molar-refractivity contribution in [1.29, 1.82) is 0 Å². The molecule has 21 heavy (non-hydrogen) atoms. The van der Waals surface area contributed by atoms with Gasteiger partial charge in [0.2, 0.25) is 0 Å². The number of hydrogen-bond acceptors (Lipinski definition) is 3. The summed E-state index contributed by atoms with van der Waals surface area (Å²) in [5, 5.41) is 0. The summed E-state index contributed by atoms with van der Waals surface area (Å²) >= 11 is 13.1. The molecule has 108 valence electrons. The SMILES string of the molecule is Cn1c(=O)n(C)c2cc(C(=O)c3cc(Cl)sc3Cl)ccc21. The summed E-state index contributed by atoms with van der Waals surface area (Å²) in [4.78, 5) is 24.4. The topological polar surface area (TPSA) is 44.0 Å². The Hall–Kier alpha value is -1.56. The highest BCUT2D eigenvalue weighted by molar-refractivity contribution is 7.20. The van der Waals surface area contributed by atoms with Crippen LogP contribution in [0, 0.1) is 0 Å². The first-order chi connectivity index (χ1) is 9.90. The monoisotopic (exact) mass is 340 g/mol. The molecule has 0 spiro atoms. The Morgan fingerprint density at radius 1 is 1.10 bits per heavy atom. The zero-order valence-corrected chi connectivity index (χ0v) is 13.5. The molecule has 3 rings (SSSR count). The van der Waals surface area contributed by atoms with Crippen LogP contribution in [-0.4, -0.2) is 14.9 Å². The lowest BCUT2D eigenvalue weighted by Crippen LogP contribution is -2.19. The molecule has 0 bridgehead atoms. The molecule has 0 unspecified atom stereocenters. The van der Waals surface area contributed by atoms with E-state index in [9.17, 15) is 9.59 Å². The summed E-state index contributed by atoms with van der Waals surface area (Å²) < 4.78 is 3.88. The summed E-state index contributed by atoms with van der Waals surface area (Å²) in [5.74, 6) is -0.207. The quantitative estimate of drug-likeness (QED) is 0.670. The van der Waals surface area contributed by atoms with E-state index < -0.39 is 0 Å². The van der Waals surface area contributed by atoms with Gasteiger partial charge in [-0.1, -0.05) is 23.2 Å². The van der Waals surface area contributed by atoms with E-state index in [2.05, 4.69) is 0 Å². The zero-order valence-electron chi connectivity index (χ0n) is 11.2. The predicted octanol–water partition coefficient (Wildman–Crippen LogP) is 3.48. The van der Waals surface area contributed by atoms with Crippen molar-refractivity contribution in [3.8, 4) is 0 Å². The molecule has 4 nitrogen and oxygen atoms in total. The van der Waals surface area contributed by atoms with Crippen LogP contribution in [0.5, 0.6) is 0 Å². The second-order valence-corrected chi connectivity index (χ2v) is 6.96. The predicted molar refractivity (Wildman–Crippen MR) is 85.9 cm³/mol. The number of benzene rings is 1. The molecule has 0 aliphatic carbocycles. The number of nitrogens with zero attached hydrogens (tertiary/aromatic N) is 2. The van der Waals surface area contributed by atoms with Crippen molar-refractivity contribution in [1.82, 2.24) is 9.13 Å². The van der Waals surface area contributed by atoms with Crippen LogP contribution < -0.4 is 5.69 Å². The van der Waals surface area contributed by atoms with E-state index in [4.69, 9.17) is 23.2 Å². The number of carbonyl (C=O) groups excluding carboxylic acids is 1. The lowest BCUT2D eigenvalue weighted by atomic mass is 10.1. The van der Waals surface area contributed by atoms with Gasteiger partial charge in [0, 0.05) is 19.7 Å². The van der Waals surface area contributed by atoms with Gasteiger partial charge in [0.05, 0.1) is 20.9 Å². The maximum atomic E-state index is 12.5.